The highest BCUT2D eigenvalue weighted by atomic mass is 16.5. The second kappa shape index (κ2) is 11.6. The molecule has 1 unspecified atom stereocenters. The largest absolute Gasteiger partial charge is 0.382 e. The van der Waals surface area contributed by atoms with E-state index >= 15 is 0 Å². The molecule has 1 rings (SSSR count). The minimum Gasteiger partial charge on any atom is -0.382 e. The standard InChI is InChI=1S/C15H31NO3/c1-3-16-15(14-7-4-5-8-14)13-19-10-6-9-18-12-11-17-2/h14-16H,3-13H2,1-2H3. The third-order valence-corrected chi connectivity index (χ3v) is 3.74. The van der Waals surface area contributed by atoms with Crippen molar-refractivity contribution in [2.24, 2.45) is 5.92 Å². The molecule has 0 bridgehead atoms. The van der Waals surface area contributed by atoms with Crippen molar-refractivity contribution in [1.82, 2.24) is 5.32 Å². The molecule has 1 atom stereocenters. The highest BCUT2D eigenvalue weighted by molar-refractivity contribution is 4.80. The summed E-state index contributed by atoms with van der Waals surface area (Å²) in [5.41, 5.74) is 0. The molecule has 0 amide bonds. The van der Waals surface area contributed by atoms with Gasteiger partial charge in [0, 0.05) is 26.4 Å². The zero-order chi connectivity index (χ0) is 13.8. The van der Waals surface area contributed by atoms with Crippen LogP contribution < -0.4 is 5.32 Å². The molecule has 0 radical (unpaired) electrons. The maximum atomic E-state index is 5.79. The van der Waals surface area contributed by atoms with Gasteiger partial charge in [-0.1, -0.05) is 19.8 Å². The number of hydrogen-bond acceptors (Lipinski definition) is 4. The van der Waals surface area contributed by atoms with Gasteiger partial charge in [-0.05, 0) is 31.7 Å². The molecule has 0 aliphatic heterocycles. The molecule has 0 aromatic rings. The van der Waals surface area contributed by atoms with E-state index in [0.717, 1.165) is 38.7 Å². The lowest BCUT2D eigenvalue weighted by molar-refractivity contribution is 0.0437. The molecule has 19 heavy (non-hydrogen) atoms. The van der Waals surface area contributed by atoms with Crippen molar-refractivity contribution in [3.63, 3.8) is 0 Å². The van der Waals surface area contributed by atoms with Gasteiger partial charge in [-0.15, -0.1) is 0 Å². The van der Waals surface area contributed by atoms with E-state index in [1.807, 2.05) is 0 Å². The molecule has 0 aromatic heterocycles. The van der Waals surface area contributed by atoms with Crippen molar-refractivity contribution in [1.29, 1.82) is 0 Å². The third-order valence-electron chi connectivity index (χ3n) is 3.74. The van der Waals surface area contributed by atoms with Gasteiger partial charge in [-0.25, -0.2) is 0 Å². The van der Waals surface area contributed by atoms with Gasteiger partial charge in [0.2, 0.25) is 0 Å². The first-order valence-electron chi connectivity index (χ1n) is 7.76. The molecular weight excluding hydrogens is 242 g/mol. The lowest BCUT2D eigenvalue weighted by Gasteiger charge is -2.24. The number of rotatable bonds is 12. The Kier molecular flexibility index (Phi) is 10.4. The second-order valence-corrected chi connectivity index (χ2v) is 5.24. The molecule has 1 fully saturated rings. The van der Waals surface area contributed by atoms with Gasteiger partial charge in [-0.3, -0.25) is 0 Å². The third kappa shape index (κ3) is 7.88. The van der Waals surface area contributed by atoms with Crippen molar-refractivity contribution >= 4 is 0 Å². The molecule has 0 aromatic carbocycles. The molecule has 114 valence electrons. The summed E-state index contributed by atoms with van der Waals surface area (Å²) in [6, 6.07) is 0.543. The molecule has 0 heterocycles. The first kappa shape index (κ1) is 16.9. The summed E-state index contributed by atoms with van der Waals surface area (Å²) < 4.78 is 16.1. The van der Waals surface area contributed by atoms with Crippen LogP contribution in [0.4, 0.5) is 0 Å². The van der Waals surface area contributed by atoms with Crippen LogP contribution in [-0.2, 0) is 14.2 Å². The van der Waals surface area contributed by atoms with Crippen molar-refractivity contribution in [3.8, 4) is 0 Å². The normalized spacial score (nSPS) is 18.0. The fourth-order valence-corrected chi connectivity index (χ4v) is 2.70. The van der Waals surface area contributed by atoms with Crippen LogP contribution in [0, 0.1) is 5.92 Å². The van der Waals surface area contributed by atoms with Gasteiger partial charge in [0.05, 0.1) is 19.8 Å². The van der Waals surface area contributed by atoms with Crippen LogP contribution in [-0.4, -0.2) is 52.7 Å². The van der Waals surface area contributed by atoms with Gasteiger partial charge < -0.3 is 19.5 Å². The van der Waals surface area contributed by atoms with Gasteiger partial charge >= 0.3 is 0 Å². The Hall–Kier alpha value is -0.160. The minimum absolute atomic E-state index is 0.543. The highest BCUT2D eigenvalue weighted by Crippen LogP contribution is 2.27. The number of nitrogens with one attached hydrogen (secondary N) is 1. The Morgan fingerprint density at radius 3 is 2.47 bits per heavy atom. The monoisotopic (exact) mass is 273 g/mol. The highest BCUT2D eigenvalue weighted by Gasteiger charge is 2.24. The van der Waals surface area contributed by atoms with Gasteiger partial charge in [0.1, 0.15) is 0 Å². The quantitative estimate of drug-likeness (QED) is 0.554. The van der Waals surface area contributed by atoms with Crippen molar-refractivity contribution in [3.05, 3.63) is 0 Å². The first-order chi connectivity index (χ1) is 9.38. The summed E-state index contributed by atoms with van der Waals surface area (Å²) >= 11 is 0. The van der Waals surface area contributed by atoms with Gasteiger partial charge in [0.25, 0.3) is 0 Å². The summed E-state index contributed by atoms with van der Waals surface area (Å²) in [6.07, 6.45) is 6.47. The predicted molar refractivity (Wildman–Crippen MR) is 77.6 cm³/mol. The number of hydrogen-bond donors (Lipinski definition) is 1. The summed E-state index contributed by atoms with van der Waals surface area (Å²) in [5, 5.41) is 3.57. The van der Waals surface area contributed by atoms with Crippen LogP contribution in [0.25, 0.3) is 0 Å². The Morgan fingerprint density at radius 2 is 1.79 bits per heavy atom. The Bertz CT molecular complexity index is 196. The van der Waals surface area contributed by atoms with Crippen LogP contribution in [0.2, 0.25) is 0 Å². The molecule has 0 spiro atoms. The average molecular weight is 273 g/mol. The van der Waals surface area contributed by atoms with E-state index in [4.69, 9.17) is 14.2 Å². The molecule has 1 N–H and O–H groups in total. The molecule has 0 saturated heterocycles. The first-order valence-corrected chi connectivity index (χ1v) is 7.76. The Balaban J connectivity index is 1.98. The average Bonchev–Trinajstić information content (AvgIpc) is 2.94. The topological polar surface area (TPSA) is 39.7 Å². The summed E-state index contributed by atoms with van der Waals surface area (Å²) in [4.78, 5) is 0. The van der Waals surface area contributed by atoms with Crippen molar-refractivity contribution in [2.45, 2.75) is 45.1 Å². The maximum Gasteiger partial charge on any atom is 0.0700 e. The van der Waals surface area contributed by atoms with E-state index in [1.165, 1.54) is 25.7 Å². The minimum atomic E-state index is 0.543. The van der Waals surface area contributed by atoms with Crippen molar-refractivity contribution in [2.75, 3.05) is 46.7 Å². The van der Waals surface area contributed by atoms with Crippen molar-refractivity contribution < 1.29 is 14.2 Å². The number of ether oxygens (including phenoxy) is 3. The molecule has 4 nitrogen and oxygen atoms in total. The summed E-state index contributed by atoms with van der Waals surface area (Å²) in [5.74, 6) is 0.818. The molecule has 1 aliphatic carbocycles. The number of methoxy groups -OCH3 is 1. The fourth-order valence-electron chi connectivity index (χ4n) is 2.70. The maximum absolute atomic E-state index is 5.79. The van der Waals surface area contributed by atoms with E-state index in [2.05, 4.69) is 12.2 Å². The second-order valence-electron chi connectivity index (χ2n) is 5.24. The van der Waals surface area contributed by atoms with Crippen LogP contribution in [0.1, 0.15) is 39.0 Å². The molecular formula is C15H31NO3. The van der Waals surface area contributed by atoms with E-state index in [9.17, 15) is 0 Å². The Labute approximate surface area is 118 Å². The van der Waals surface area contributed by atoms with Gasteiger partial charge in [-0.2, -0.15) is 0 Å². The molecule has 4 heteroatoms. The van der Waals surface area contributed by atoms with E-state index in [1.54, 1.807) is 7.11 Å². The van der Waals surface area contributed by atoms with Crippen LogP contribution in [0.15, 0.2) is 0 Å². The van der Waals surface area contributed by atoms with Gasteiger partial charge in [0.15, 0.2) is 0 Å². The predicted octanol–water partition coefficient (Wildman–Crippen LogP) is 2.22. The fraction of sp³-hybridized carbons (Fsp3) is 1.00. The SMILES string of the molecule is CCNC(COCCCOCCOC)C1CCCC1. The molecule has 1 aliphatic rings. The van der Waals surface area contributed by atoms with E-state index in [0.29, 0.717) is 19.3 Å². The zero-order valence-electron chi connectivity index (χ0n) is 12.7. The lowest BCUT2D eigenvalue weighted by Crippen LogP contribution is -2.39. The van der Waals surface area contributed by atoms with Crippen LogP contribution >= 0.6 is 0 Å². The lowest BCUT2D eigenvalue weighted by atomic mass is 9.99. The number of likely N-dealkylation sites (N-methyl/N-ethyl adjacent to an activating group) is 1. The van der Waals surface area contributed by atoms with E-state index in [-0.39, 0.29) is 0 Å². The zero-order valence-corrected chi connectivity index (χ0v) is 12.7. The molecule has 1 saturated carbocycles. The van der Waals surface area contributed by atoms with Crippen LogP contribution in [0.5, 0.6) is 0 Å². The summed E-state index contributed by atoms with van der Waals surface area (Å²) in [7, 11) is 1.69. The van der Waals surface area contributed by atoms with Crippen LogP contribution in [0.3, 0.4) is 0 Å². The Morgan fingerprint density at radius 1 is 1.05 bits per heavy atom. The summed E-state index contributed by atoms with van der Waals surface area (Å²) in [6.45, 7) is 6.96. The smallest absolute Gasteiger partial charge is 0.0700 e. The van der Waals surface area contributed by atoms with E-state index < -0.39 is 0 Å².